The summed E-state index contributed by atoms with van der Waals surface area (Å²) in [7, 11) is -2.20. The molecule has 2 rings (SSSR count). The summed E-state index contributed by atoms with van der Waals surface area (Å²) in [6, 6.07) is 13.6. The summed E-state index contributed by atoms with van der Waals surface area (Å²) < 4.78 is 31.8. The van der Waals surface area contributed by atoms with Crippen LogP contribution in [-0.2, 0) is 32.6 Å². The fourth-order valence-corrected chi connectivity index (χ4v) is 4.67. The van der Waals surface area contributed by atoms with Crippen LogP contribution in [-0.4, -0.2) is 57.6 Å². The molecule has 0 radical (unpaired) electrons. The summed E-state index contributed by atoms with van der Waals surface area (Å²) in [5.41, 5.74) is 2.24. The highest BCUT2D eigenvalue weighted by molar-refractivity contribution is 7.92. The van der Waals surface area contributed by atoms with Crippen molar-refractivity contribution >= 4 is 27.5 Å². The third-order valence-electron chi connectivity index (χ3n) is 5.87. The number of hydrogen-bond donors (Lipinski definition) is 1. The average Bonchev–Trinajstić information content (AvgIpc) is 2.85. The molecule has 0 fully saturated rings. The van der Waals surface area contributed by atoms with Gasteiger partial charge >= 0.3 is 0 Å². The van der Waals surface area contributed by atoms with E-state index < -0.39 is 28.5 Å². The van der Waals surface area contributed by atoms with Crippen molar-refractivity contribution in [1.29, 1.82) is 0 Å². The lowest BCUT2D eigenvalue weighted by atomic mass is 10.1. The number of sulfonamides is 1. The van der Waals surface area contributed by atoms with Crippen molar-refractivity contribution in [3.63, 3.8) is 0 Å². The Labute approximate surface area is 215 Å². The molecule has 0 aromatic heterocycles. The molecule has 1 unspecified atom stereocenters. The highest BCUT2D eigenvalue weighted by Gasteiger charge is 2.31. The summed E-state index contributed by atoms with van der Waals surface area (Å²) in [5.74, 6) is 0.154. The second-order valence-electron chi connectivity index (χ2n) is 9.23. The number of rotatable bonds is 13. The van der Waals surface area contributed by atoms with E-state index in [9.17, 15) is 18.0 Å². The molecular weight excluding hydrogens is 478 g/mol. The van der Waals surface area contributed by atoms with Gasteiger partial charge in [0.25, 0.3) is 0 Å². The van der Waals surface area contributed by atoms with Crippen LogP contribution in [0.25, 0.3) is 0 Å². The number of anilines is 1. The third kappa shape index (κ3) is 8.26. The Kier molecular flexibility index (Phi) is 10.8. The second kappa shape index (κ2) is 13.3. The standard InChI is InChI=1S/C27H39N3O5S/c1-7-21-12-14-23(15-13-21)30(36(6,33)34)19-26(31)29(18-22-10-9-11-24(16-22)35-5)25(8-2)27(32)28-17-20(3)4/h9-16,20,25H,7-8,17-19H2,1-6H3,(H,28,32). The molecule has 0 bridgehead atoms. The minimum atomic E-state index is -3.76. The maximum atomic E-state index is 13.7. The molecule has 0 saturated carbocycles. The van der Waals surface area contributed by atoms with Crippen LogP contribution in [0, 0.1) is 5.92 Å². The van der Waals surface area contributed by atoms with E-state index in [-0.39, 0.29) is 18.4 Å². The van der Waals surface area contributed by atoms with Crippen molar-refractivity contribution in [1.82, 2.24) is 10.2 Å². The minimum Gasteiger partial charge on any atom is -0.497 e. The first-order valence-corrected chi connectivity index (χ1v) is 14.1. The summed E-state index contributed by atoms with van der Waals surface area (Å²) >= 11 is 0. The van der Waals surface area contributed by atoms with Crippen LogP contribution in [0.1, 0.15) is 45.2 Å². The van der Waals surface area contributed by atoms with Gasteiger partial charge in [0, 0.05) is 13.1 Å². The first kappa shape index (κ1) is 29.2. The molecule has 36 heavy (non-hydrogen) atoms. The Hall–Kier alpha value is -3.07. The summed E-state index contributed by atoms with van der Waals surface area (Å²) in [4.78, 5) is 28.3. The van der Waals surface area contributed by atoms with E-state index in [1.54, 1.807) is 31.4 Å². The first-order valence-electron chi connectivity index (χ1n) is 12.3. The van der Waals surface area contributed by atoms with Gasteiger partial charge in [-0.05, 0) is 54.2 Å². The molecule has 0 aliphatic rings. The number of nitrogens with zero attached hydrogens (tertiary/aromatic N) is 2. The number of carbonyl (C=O) groups is 2. The lowest BCUT2D eigenvalue weighted by Crippen LogP contribution is -2.52. The number of methoxy groups -OCH3 is 1. The minimum absolute atomic E-state index is 0.135. The molecular formula is C27H39N3O5S. The van der Waals surface area contributed by atoms with Crippen molar-refractivity contribution < 1.29 is 22.7 Å². The Morgan fingerprint density at radius 3 is 2.22 bits per heavy atom. The normalized spacial score (nSPS) is 12.2. The number of amides is 2. The van der Waals surface area contributed by atoms with E-state index >= 15 is 0 Å². The highest BCUT2D eigenvalue weighted by atomic mass is 32.2. The van der Waals surface area contributed by atoms with Crippen LogP contribution < -0.4 is 14.4 Å². The molecule has 2 aromatic rings. The van der Waals surface area contributed by atoms with Crippen molar-refractivity contribution in [2.75, 3.05) is 30.8 Å². The van der Waals surface area contributed by atoms with Crippen LogP contribution >= 0.6 is 0 Å². The summed E-state index contributed by atoms with van der Waals surface area (Å²) in [6.07, 6.45) is 2.27. The van der Waals surface area contributed by atoms with E-state index in [1.807, 2.05) is 52.0 Å². The maximum absolute atomic E-state index is 13.7. The van der Waals surface area contributed by atoms with Gasteiger partial charge in [0.15, 0.2) is 0 Å². The smallest absolute Gasteiger partial charge is 0.244 e. The van der Waals surface area contributed by atoms with Gasteiger partial charge in [-0.1, -0.05) is 52.0 Å². The van der Waals surface area contributed by atoms with Crippen LogP contribution in [0.5, 0.6) is 5.75 Å². The molecule has 198 valence electrons. The van der Waals surface area contributed by atoms with Gasteiger partial charge in [0.2, 0.25) is 21.8 Å². The van der Waals surface area contributed by atoms with Crippen molar-refractivity contribution in [3.8, 4) is 5.75 Å². The Balaban J connectivity index is 2.43. The molecule has 0 aliphatic carbocycles. The predicted molar refractivity (Wildman–Crippen MR) is 143 cm³/mol. The number of benzene rings is 2. The fourth-order valence-electron chi connectivity index (χ4n) is 3.82. The summed E-state index contributed by atoms with van der Waals surface area (Å²) in [5, 5.41) is 2.92. The van der Waals surface area contributed by atoms with E-state index in [4.69, 9.17) is 4.74 Å². The third-order valence-corrected chi connectivity index (χ3v) is 7.01. The molecule has 2 amide bonds. The lowest BCUT2D eigenvalue weighted by Gasteiger charge is -2.33. The Bertz CT molecular complexity index is 1120. The lowest BCUT2D eigenvalue weighted by molar-refractivity contribution is -0.140. The van der Waals surface area contributed by atoms with Crippen LogP contribution in [0.2, 0.25) is 0 Å². The van der Waals surface area contributed by atoms with E-state index in [0.29, 0.717) is 24.4 Å². The topological polar surface area (TPSA) is 96.0 Å². The number of nitrogens with one attached hydrogen (secondary N) is 1. The zero-order valence-corrected chi connectivity index (χ0v) is 23.0. The van der Waals surface area contributed by atoms with Crippen molar-refractivity contribution in [2.45, 2.75) is 53.1 Å². The van der Waals surface area contributed by atoms with Crippen molar-refractivity contribution in [2.24, 2.45) is 5.92 Å². The van der Waals surface area contributed by atoms with Gasteiger partial charge in [0.1, 0.15) is 18.3 Å². The van der Waals surface area contributed by atoms with E-state index in [0.717, 1.165) is 28.1 Å². The zero-order valence-electron chi connectivity index (χ0n) is 22.2. The van der Waals surface area contributed by atoms with Gasteiger partial charge in [-0.2, -0.15) is 0 Å². The van der Waals surface area contributed by atoms with Gasteiger partial charge in [-0.15, -0.1) is 0 Å². The second-order valence-corrected chi connectivity index (χ2v) is 11.1. The predicted octanol–water partition coefficient (Wildman–Crippen LogP) is 3.60. The highest BCUT2D eigenvalue weighted by Crippen LogP contribution is 2.21. The largest absolute Gasteiger partial charge is 0.497 e. The number of carbonyl (C=O) groups excluding carboxylic acids is 2. The first-order chi connectivity index (χ1) is 17.0. The molecule has 1 N–H and O–H groups in total. The molecule has 9 heteroatoms. The number of ether oxygens (including phenoxy) is 1. The Morgan fingerprint density at radius 1 is 1.03 bits per heavy atom. The number of aryl methyl sites for hydroxylation is 1. The van der Waals surface area contributed by atoms with Gasteiger partial charge in [0.05, 0.1) is 19.1 Å². The molecule has 0 saturated heterocycles. The molecule has 0 heterocycles. The molecule has 1 atom stereocenters. The van der Waals surface area contributed by atoms with Gasteiger partial charge in [-0.3, -0.25) is 13.9 Å². The fraction of sp³-hybridized carbons (Fsp3) is 0.481. The maximum Gasteiger partial charge on any atom is 0.244 e. The van der Waals surface area contributed by atoms with Crippen LogP contribution in [0.15, 0.2) is 48.5 Å². The number of hydrogen-bond acceptors (Lipinski definition) is 5. The van der Waals surface area contributed by atoms with E-state index in [1.165, 1.54) is 4.90 Å². The molecule has 8 nitrogen and oxygen atoms in total. The SMILES string of the molecule is CCc1ccc(N(CC(=O)N(Cc2cccc(OC)c2)C(CC)C(=O)NCC(C)C)S(C)(=O)=O)cc1. The van der Waals surface area contributed by atoms with Gasteiger partial charge < -0.3 is 15.0 Å². The van der Waals surface area contributed by atoms with Crippen molar-refractivity contribution in [3.05, 3.63) is 59.7 Å². The van der Waals surface area contributed by atoms with E-state index in [2.05, 4.69) is 5.32 Å². The zero-order chi connectivity index (χ0) is 26.9. The molecule has 0 aliphatic heterocycles. The van der Waals surface area contributed by atoms with Crippen LogP contribution in [0.4, 0.5) is 5.69 Å². The summed E-state index contributed by atoms with van der Waals surface area (Å²) in [6.45, 7) is 8.04. The monoisotopic (exact) mass is 517 g/mol. The van der Waals surface area contributed by atoms with Crippen LogP contribution in [0.3, 0.4) is 0 Å². The molecule has 2 aromatic carbocycles. The average molecular weight is 518 g/mol. The quantitative estimate of drug-likeness (QED) is 0.438. The van der Waals surface area contributed by atoms with Gasteiger partial charge in [-0.25, -0.2) is 8.42 Å². The molecule has 0 spiro atoms. The Morgan fingerprint density at radius 2 is 1.69 bits per heavy atom.